The summed E-state index contributed by atoms with van der Waals surface area (Å²) in [6, 6.07) is 19.5. The normalized spacial score (nSPS) is 14.9. The van der Waals surface area contributed by atoms with E-state index in [0.29, 0.717) is 19.5 Å². The zero-order valence-electron chi connectivity index (χ0n) is 16.5. The summed E-state index contributed by atoms with van der Waals surface area (Å²) in [6.07, 6.45) is 1.28. The van der Waals surface area contributed by atoms with Crippen molar-refractivity contribution in [1.82, 2.24) is 14.1 Å². The van der Waals surface area contributed by atoms with Crippen LogP contribution in [0.2, 0.25) is 0 Å². The van der Waals surface area contributed by atoms with Gasteiger partial charge in [-0.1, -0.05) is 30.3 Å². The molecule has 6 nitrogen and oxygen atoms in total. The highest BCUT2D eigenvalue weighted by atomic mass is 32.2. The molecule has 1 aromatic heterocycles. The van der Waals surface area contributed by atoms with Crippen molar-refractivity contribution in [3.05, 3.63) is 71.9 Å². The fourth-order valence-corrected chi connectivity index (χ4v) is 5.08. The Kier molecular flexibility index (Phi) is 5.69. The van der Waals surface area contributed by atoms with Crippen LogP contribution in [0.5, 0.6) is 5.75 Å². The van der Waals surface area contributed by atoms with Crippen molar-refractivity contribution in [2.45, 2.75) is 25.9 Å². The molecule has 0 saturated heterocycles. The van der Waals surface area contributed by atoms with Crippen molar-refractivity contribution in [2.24, 2.45) is 0 Å². The topological polar surface area (TPSA) is 64.4 Å². The van der Waals surface area contributed by atoms with Gasteiger partial charge in [0, 0.05) is 18.7 Å². The molecule has 29 heavy (non-hydrogen) atoms. The minimum absolute atomic E-state index is 0.122. The molecule has 152 valence electrons. The third-order valence-corrected chi connectivity index (χ3v) is 7.07. The molecule has 0 unspecified atom stereocenters. The van der Waals surface area contributed by atoms with Gasteiger partial charge in [0.25, 0.3) is 0 Å². The Morgan fingerprint density at radius 3 is 2.52 bits per heavy atom. The molecular formula is C22H25N3O3S. The van der Waals surface area contributed by atoms with Crippen LogP contribution in [-0.4, -0.2) is 41.9 Å². The molecule has 3 aromatic rings. The summed E-state index contributed by atoms with van der Waals surface area (Å²) in [5.41, 5.74) is 3.81. The molecule has 2 heterocycles. The first-order valence-corrected chi connectivity index (χ1v) is 11.4. The Hall–Kier alpha value is -2.64. The maximum absolute atomic E-state index is 13.0. The number of aromatic nitrogens is 2. The number of benzene rings is 2. The highest BCUT2D eigenvalue weighted by molar-refractivity contribution is 7.89. The summed E-state index contributed by atoms with van der Waals surface area (Å²) in [5, 5.41) is 4.70. The lowest BCUT2D eigenvalue weighted by molar-refractivity contribution is 0.410. The summed E-state index contributed by atoms with van der Waals surface area (Å²) in [4.78, 5) is 0. The summed E-state index contributed by atoms with van der Waals surface area (Å²) in [5.74, 6) is 0.918. The lowest BCUT2D eigenvalue weighted by Gasteiger charge is -2.19. The van der Waals surface area contributed by atoms with E-state index in [-0.39, 0.29) is 5.75 Å². The first-order chi connectivity index (χ1) is 14.0. The molecule has 0 fully saturated rings. The fourth-order valence-electron chi connectivity index (χ4n) is 3.59. The molecule has 0 atom stereocenters. The standard InChI is InChI=1S/C22H25N3O3S/c1-28-21-10-8-19(9-11-21)22-16-20-17-24(13-5-14-25(20)23-22)29(26,27)15-12-18-6-3-2-4-7-18/h2-4,6-11,16H,5,12-15,17H2,1H3. The molecule has 0 N–H and O–H groups in total. The lowest BCUT2D eigenvalue weighted by atomic mass is 10.1. The van der Waals surface area contributed by atoms with Crippen molar-refractivity contribution < 1.29 is 13.2 Å². The van der Waals surface area contributed by atoms with Crippen LogP contribution in [0.4, 0.5) is 0 Å². The van der Waals surface area contributed by atoms with Crippen LogP contribution in [0.15, 0.2) is 60.7 Å². The second-order valence-electron chi connectivity index (χ2n) is 7.21. The number of hydrogen-bond donors (Lipinski definition) is 0. The number of rotatable bonds is 6. The van der Waals surface area contributed by atoms with Crippen LogP contribution in [0, 0.1) is 0 Å². The smallest absolute Gasteiger partial charge is 0.214 e. The van der Waals surface area contributed by atoms with Crippen molar-refractivity contribution in [3.63, 3.8) is 0 Å². The SMILES string of the molecule is COc1ccc(-c2cc3n(n2)CCCN(S(=O)(=O)CCc2ccccc2)C3)cc1. The van der Waals surface area contributed by atoms with Crippen molar-refractivity contribution >= 4 is 10.0 Å². The van der Waals surface area contributed by atoms with E-state index in [1.807, 2.05) is 65.3 Å². The van der Waals surface area contributed by atoms with E-state index in [2.05, 4.69) is 0 Å². The van der Waals surface area contributed by atoms with Gasteiger partial charge in [-0.15, -0.1) is 0 Å². The maximum atomic E-state index is 13.0. The van der Waals surface area contributed by atoms with Gasteiger partial charge in [-0.25, -0.2) is 8.42 Å². The Balaban J connectivity index is 1.50. The number of fused-ring (bicyclic) bond motifs is 1. The largest absolute Gasteiger partial charge is 0.497 e. The second-order valence-corrected chi connectivity index (χ2v) is 9.30. The molecule has 0 radical (unpaired) electrons. The van der Waals surface area contributed by atoms with Crippen molar-refractivity contribution in [1.29, 1.82) is 0 Å². The summed E-state index contributed by atoms with van der Waals surface area (Å²) < 4.78 is 34.7. The van der Waals surface area contributed by atoms with Gasteiger partial charge >= 0.3 is 0 Å². The molecule has 0 aliphatic carbocycles. The quantitative estimate of drug-likeness (QED) is 0.624. The average molecular weight is 412 g/mol. The lowest BCUT2D eigenvalue weighted by Crippen LogP contribution is -2.33. The number of methoxy groups -OCH3 is 1. The number of aryl methyl sites for hydroxylation is 2. The Bertz CT molecular complexity index is 1060. The van der Waals surface area contributed by atoms with Gasteiger partial charge in [-0.05, 0) is 48.7 Å². The van der Waals surface area contributed by atoms with E-state index >= 15 is 0 Å². The van der Waals surface area contributed by atoms with Crippen LogP contribution in [0.25, 0.3) is 11.3 Å². The molecule has 4 rings (SSSR count). The van der Waals surface area contributed by atoms with Gasteiger partial charge in [-0.2, -0.15) is 9.40 Å². The number of nitrogens with zero attached hydrogens (tertiary/aromatic N) is 3. The van der Waals surface area contributed by atoms with Crippen LogP contribution < -0.4 is 4.74 Å². The summed E-state index contributed by atoms with van der Waals surface area (Å²) in [7, 11) is -1.70. The van der Waals surface area contributed by atoms with Gasteiger partial charge in [0.15, 0.2) is 0 Å². The predicted molar refractivity (Wildman–Crippen MR) is 113 cm³/mol. The highest BCUT2D eigenvalue weighted by Crippen LogP contribution is 2.25. The maximum Gasteiger partial charge on any atom is 0.214 e. The van der Waals surface area contributed by atoms with Gasteiger partial charge in [-0.3, -0.25) is 4.68 Å². The first-order valence-electron chi connectivity index (χ1n) is 9.78. The van der Waals surface area contributed by atoms with E-state index in [1.165, 1.54) is 0 Å². The molecule has 0 spiro atoms. The molecule has 7 heteroatoms. The van der Waals surface area contributed by atoms with E-state index < -0.39 is 10.0 Å². The number of ether oxygens (including phenoxy) is 1. The monoisotopic (exact) mass is 411 g/mol. The van der Waals surface area contributed by atoms with Gasteiger partial charge in [0.05, 0.1) is 30.8 Å². The Morgan fingerprint density at radius 2 is 1.79 bits per heavy atom. The Morgan fingerprint density at radius 1 is 1.03 bits per heavy atom. The average Bonchev–Trinajstić information content (AvgIpc) is 3.04. The summed E-state index contributed by atoms with van der Waals surface area (Å²) >= 11 is 0. The van der Waals surface area contributed by atoms with Gasteiger partial charge < -0.3 is 4.74 Å². The molecule has 0 bridgehead atoms. The van der Waals surface area contributed by atoms with E-state index in [4.69, 9.17) is 9.84 Å². The van der Waals surface area contributed by atoms with Crippen molar-refractivity contribution in [3.8, 4) is 17.0 Å². The molecular weight excluding hydrogens is 386 g/mol. The zero-order valence-corrected chi connectivity index (χ0v) is 17.3. The van der Waals surface area contributed by atoms with E-state index in [0.717, 1.165) is 41.2 Å². The third-order valence-electron chi connectivity index (χ3n) is 5.25. The highest BCUT2D eigenvalue weighted by Gasteiger charge is 2.26. The molecule has 1 aliphatic rings. The van der Waals surface area contributed by atoms with Crippen LogP contribution in [-0.2, 0) is 29.5 Å². The molecule has 2 aromatic carbocycles. The Labute approximate surface area is 171 Å². The first kappa shape index (κ1) is 19.7. The fraction of sp³-hybridized carbons (Fsp3) is 0.318. The van der Waals surface area contributed by atoms with Crippen molar-refractivity contribution in [2.75, 3.05) is 19.4 Å². The molecule has 1 aliphatic heterocycles. The van der Waals surface area contributed by atoms with Crippen LogP contribution in [0.3, 0.4) is 0 Å². The van der Waals surface area contributed by atoms with Gasteiger partial charge in [0.1, 0.15) is 5.75 Å². The third kappa shape index (κ3) is 4.52. The minimum atomic E-state index is -3.34. The summed E-state index contributed by atoms with van der Waals surface area (Å²) in [6.45, 7) is 1.61. The number of sulfonamides is 1. The van der Waals surface area contributed by atoms with Gasteiger partial charge in [0.2, 0.25) is 10.0 Å². The minimum Gasteiger partial charge on any atom is -0.497 e. The van der Waals surface area contributed by atoms with E-state index in [1.54, 1.807) is 11.4 Å². The predicted octanol–water partition coefficient (Wildman–Crippen LogP) is 3.34. The molecule has 0 amide bonds. The zero-order chi connectivity index (χ0) is 20.3. The van der Waals surface area contributed by atoms with Crippen LogP contribution >= 0.6 is 0 Å². The molecule has 0 saturated carbocycles. The van der Waals surface area contributed by atoms with Crippen LogP contribution in [0.1, 0.15) is 17.7 Å². The number of hydrogen-bond acceptors (Lipinski definition) is 4. The second kappa shape index (κ2) is 8.39. The van der Waals surface area contributed by atoms with E-state index in [9.17, 15) is 8.42 Å².